The molecule has 0 saturated carbocycles. The minimum atomic E-state index is -4.40. The summed E-state index contributed by atoms with van der Waals surface area (Å²) in [7, 11) is -4.40. The van der Waals surface area contributed by atoms with Gasteiger partial charge in [0.1, 0.15) is 12.4 Å². The molecule has 0 aliphatic rings. The fourth-order valence-electron chi connectivity index (χ4n) is 0.781. The van der Waals surface area contributed by atoms with Crippen LogP contribution in [-0.2, 0) is 9.09 Å². The molecule has 1 aromatic rings. The van der Waals surface area contributed by atoms with Gasteiger partial charge in [0.15, 0.2) is 0 Å². The summed E-state index contributed by atoms with van der Waals surface area (Å²) in [5.74, 6) is 0. The molecule has 0 saturated heterocycles. The summed E-state index contributed by atoms with van der Waals surface area (Å²) in [6, 6.07) is 0. The number of nitrogens with zero attached hydrogens (tertiary/aromatic N) is 1. The monoisotopic (exact) mass is 193 g/mol. The second-order valence-corrected chi connectivity index (χ2v) is 3.45. The number of phosphoric acid groups is 1. The molecule has 6 nitrogen and oxygen atoms in total. The maximum Gasteiger partial charge on any atom is 0.473 e. The molecule has 3 N–H and O–H groups in total. The smallest absolute Gasteiger partial charge is 0.303 e. The molecule has 7 heteroatoms. The van der Waals surface area contributed by atoms with E-state index in [9.17, 15) is 4.57 Å². The van der Waals surface area contributed by atoms with Gasteiger partial charge in [-0.1, -0.05) is 0 Å². The zero-order chi connectivity index (χ0) is 9.19. The minimum absolute atomic E-state index is 0.683. The van der Waals surface area contributed by atoms with Gasteiger partial charge in [0, 0.05) is 6.92 Å². The summed E-state index contributed by atoms with van der Waals surface area (Å²) in [4.78, 5) is 19.6. The van der Waals surface area contributed by atoms with Crippen LogP contribution in [0.2, 0.25) is 0 Å². The molecule has 0 spiro atoms. The first kappa shape index (κ1) is 9.41. The zero-order valence-corrected chi connectivity index (χ0v) is 7.31. The molecule has 1 aromatic heterocycles. The van der Waals surface area contributed by atoms with Gasteiger partial charge >= 0.3 is 7.82 Å². The number of phosphoric ester groups is 1. The maximum atomic E-state index is 10.4. The van der Waals surface area contributed by atoms with Crippen LogP contribution in [0.4, 0.5) is 0 Å². The largest absolute Gasteiger partial charge is 0.473 e. The molecule has 12 heavy (non-hydrogen) atoms. The average Bonchev–Trinajstić information content (AvgIpc) is 2.32. The predicted octanol–water partition coefficient (Wildman–Crippen LogP) is -0.0700. The van der Waals surface area contributed by atoms with Gasteiger partial charge in [-0.15, -0.1) is 0 Å². The summed E-state index contributed by atoms with van der Waals surface area (Å²) >= 11 is 0. The molecule has 1 atom stereocenters. The lowest BCUT2D eigenvalue weighted by Crippen LogP contribution is -2.36. The Balaban J connectivity index is 2.62. The summed E-state index contributed by atoms with van der Waals surface area (Å²) in [5.41, 5.74) is 0. The third-order valence-electron chi connectivity index (χ3n) is 1.28. The van der Waals surface area contributed by atoms with Crippen molar-refractivity contribution in [2.24, 2.45) is 0 Å². The molecule has 0 aliphatic heterocycles. The van der Waals surface area contributed by atoms with Crippen LogP contribution in [0.3, 0.4) is 0 Å². The molecular weight excluding hydrogens is 183 g/mol. The minimum Gasteiger partial charge on any atom is -0.303 e. The van der Waals surface area contributed by atoms with Crippen molar-refractivity contribution in [3.63, 3.8) is 0 Å². The van der Waals surface area contributed by atoms with Crippen molar-refractivity contribution in [3.05, 3.63) is 18.7 Å². The molecule has 0 amide bonds. The Kier molecular flexibility index (Phi) is 2.64. The van der Waals surface area contributed by atoms with E-state index in [1.807, 2.05) is 0 Å². The van der Waals surface area contributed by atoms with Gasteiger partial charge in [0.2, 0.25) is 12.6 Å². The van der Waals surface area contributed by atoms with Crippen molar-refractivity contribution >= 4 is 7.82 Å². The van der Waals surface area contributed by atoms with Gasteiger partial charge < -0.3 is 9.79 Å². The van der Waals surface area contributed by atoms with Crippen LogP contribution in [0.25, 0.3) is 0 Å². The molecule has 1 heterocycles. The van der Waals surface area contributed by atoms with Gasteiger partial charge in [0.25, 0.3) is 0 Å². The standard InChI is InChI=1S/C5H9N2O4P/c1-5(11-12(8,9)10)7-3-2-6-4-7/h2-5H,1H3,(H2,8,9,10)/p+1. The molecule has 0 fully saturated rings. The average molecular weight is 193 g/mol. The van der Waals surface area contributed by atoms with E-state index in [0.29, 0.717) is 0 Å². The summed E-state index contributed by atoms with van der Waals surface area (Å²) in [6.07, 6.45) is 4.09. The number of rotatable bonds is 3. The quantitative estimate of drug-likeness (QED) is 0.463. The summed E-state index contributed by atoms with van der Waals surface area (Å²) in [5, 5.41) is 0. The predicted molar refractivity (Wildman–Crippen MR) is 38.8 cm³/mol. The van der Waals surface area contributed by atoms with E-state index < -0.39 is 14.1 Å². The van der Waals surface area contributed by atoms with Crippen molar-refractivity contribution in [2.75, 3.05) is 0 Å². The van der Waals surface area contributed by atoms with Crippen molar-refractivity contribution in [3.8, 4) is 0 Å². The number of imidazole rings is 1. The lowest BCUT2D eigenvalue weighted by molar-refractivity contribution is -0.750. The molecule has 0 aliphatic carbocycles. The summed E-state index contributed by atoms with van der Waals surface area (Å²) in [6.45, 7) is 1.53. The Morgan fingerprint density at radius 2 is 2.33 bits per heavy atom. The number of nitrogens with one attached hydrogen (secondary N) is 1. The van der Waals surface area contributed by atoms with Gasteiger partial charge in [-0.3, -0.25) is 4.98 Å². The van der Waals surface area contributed by atoms with E-state index in [2.05, 4.69) is 9.51 Å². The Morgan fingerprint density at radius 1 is 1.67 bits per heavy atom. The Bertz CT molecular complexity index is 280. The van der Waals surface area contributed by atoms with Crippen molar-refractivity contribution in [1.82, 2.24) is 4.98 Å². The lowest BCUT2D eigenvalue weighted by Gasteiger charge is -2.09. The molecule has 1 unspecified atom stereocenters. The van der Waals surface area contributed by atoms with Crippen molar-refractivity contribution in [2.45, 2.75) is 13.2 Å². The van der Waals surface area contributed by atoms with Gasteiger partial charge in [-0.05, 0) is 0 Å². The fourth-order valence-corrected chi connectivity index (χ4v) is 1.29. The highest BCUT2D eigenvalue weighted by molar-refractivity contribution is 7.46. The SMILES string of the molecule is CC(OP(=O)(O)O)[n+]1cc[nH]c1. The Morgan fingerprint density at radius 3 is 2.75 bits per heavy atom. The van der Waals surface area contributed by atoms with Crippen molar-refractivity contribution < 1.29 is 23.4 Å². The van der Waals surface area contributed by atoms with Crippen LogP contribution in [0, 0.1) is 0 Å². The van der Waals surface area contributed by atoms with E-state index in [4.69, 9.17) is 9.79 Å². The van der Waals surface area contributed by atoms with Crippen LogP contribution in [0.1, 0.15) is 13.2 Å². The topological polar surface area (TPSA) is 86.4 Å². The number of hydrogen-bond acceptors (Lipinski definition) is 2. The molecular formula is C5H10N2O4P+. The van der Waals surface area contributed by atoms with Crippen LogP contribution < -0.4 is 4.57 Å². The third-order valence-corrected chi connectivity index (χ3v) is 1.86. The van der Waals surface area contributed by atoms with E-state index in [1.165, 1.54) is 11.5 Å². The molecule has 1 rings (SSSR count). The van der Waals surface area contributed by atoms with Crippen LogP contribution >= 0.6 is 7.82 Å². The third kappa shape index (κ3) is 2.75. The van der Waals surface area contributed by atoms with Gasteiger partial charge in [-0.25, -0.2) is 13.7 Å². The highest BCUT2D eigenvalue weighted by Gasteiger charge is 2.22. The second kappa shape index (κ2) is 3.37. The van der Waals surface area contributed by atoms with Gasteiger partial charge in [-0.2, -0.15) is 0 Å². The van der Waals surface area contributed by atoms with Crippen LogP contribution in [-0.4, -0.2) is 14.8 Å². The van der Waals surface area contributed by atoms with Crippen LogP contribution in [0.15, 0.2) is 18.7 Å². The van der Waals surface area contributed by atoms with E-state index in [0.717, 1.165) is 0 Å². The first-order valence-corrected chi connectivity index (χ1v) is 4.79. The van der Waals surface area contributed by atoms with E-state index in [1.54, 1.807) is 18.7 Å². The molecule has 0 bridgehead atoms. The molecule has 68 valence electrons. The van der Waals surface area contributed by atoms with E-state index >= 15 is 0 Å². The number of aromatic amines is 1. The van der Waals surface area contributed by atoms with Crippen molar-refractivity contribution in [1.29, 1.82) is 0 Å². The van der Waals surface area contributed by atoms with E-state index in [-0.39, 0.29) is 0 Å². The zero-order valence-electron chi connectivity index (χ0n) is 6.41. The number of aromatic nitrogens is 2. The first-order valence-electron chi connectivity index (χ1n) is 3.26. The Labute approximate surface area is 69.1 Å². The Hall–Kier alpha value is -0.680. The second-order valence-electron chi connectivity index (χ2n) is 2.25. The molecule has 0 aromatic carbocycles. The normalized spacial score (nSPS) is 14.6. The van der Waals surface area contributed by atoms with Gasteiger partial charge in [0.05, 0.1) is 0 Å². The highest BCUT2D eigenvalue weighted by atomic mass is 31.2. The number of H-pyrrole nitrogens is 1. The lowest BCUT2D eigenvalue weighted by atomic mass is 10.6. The number of hydrogen-bond donors (Lipinski definition) is 3. The fraction of sp³-hybridized carbons (Fsp3) is 0.400. The highest BCUT2D eigenvalue weighted by Crippen LogP contribution is 2.38. The first-order chi connectivity index (χ1) is 5.49. The summed E-state index contributed by atoms with van der Waals surface area (Å²) < 4.78 is 16.3. The molecule has 0 radical (unpaired) electrons. The maximum absolute atomic E-state index is 10.4. The van der Waals surface area contributed by atoms with Crippen LogP contribution in [0.5, 0.6) is 0 Å².